The summed E-state index contributed by atoms with van der Waals surface area (Å²) in [5, 5.41) is 20.3. The number of furan rings is 1. The number of hydrogen-bond donors (Lipinski definition) is 1. The fourth-order valence-electron chi connectivity index (χ4n) is 2.66. The van der Waals surface area contributed by atoms with Gasteiger partial charge in [-0.2, -0.15) is 0 Å². The molecule has 9 heteroatoms. The molecule has 0 fully saturated rings. The Balaban J connectivity index is 1.58. The maximum absolute atomic E-state index is 10.5. The molecule has 3 aromatic heterocycles. The third-order valence-corrected chi connectivity index (χ3v) is 5.28. The molecule has 0 aliphatic heterocycles. The minimum Gasteiger partial charge on any atom is -0.467 e. The molecular weight excluding hydrogens is 398 g/mol. The minimum atomic E-state index is -0.683. The zero-order chi connectivity index (χ0) is 19.3. The summed E-state index contributed by atoms with van der Waals surface area (Å²) in [5.74, 6) is 1.75. The smallest absolute Gasteiger partial charge is 0.192 e. The van der Waals surface area contributed by atoms with Gasteiger partial charge in [-0.15, -0.1) is 10.2 Å². The van der Waals surface area contributed by atoms with Crippen LogP contribution >= 0.6 is 23.4 Å². The molecule has 142 valence electrons. The van der Waals surface area contributed by atoms with E-state index in [1.165, 1.54) is 11.8 Å². The quantitative estimate of drug-likeness (QED) is 0.460. The van der Waals surface area contributed by atoms with Gasteiger partial charge in [-0.05, 0) is 29.8 Å². The van der Waals surface area contributed by atoms with Crippen LogP contribution in [0.2, 0.25) is 5.02 Å². The van der Waals surface area contributed by atoms with E-state index >= 15 is 0 Å². The van der Waals surface area contributed by atoms with E-state index in [0.29, 0.717) is 34.0 Å². The topological polar surface area (TPSA) is 89.9 Å². The van der Waals surface area contributed by atoms with Gasteiger partial charge in [-0.3, -0.25) is 9.55 Å². The van der Waals surface area contributed by atoms with Crippen molar-refractivity contribution < 1.29 is 9.52 Å². The van der Waals surface area contributed by atoms with Crippen molar-refractivity contribution in [3.05, 3.63) is 77.6 Å². The van der Waals surface area contributed by atoms with Crippen LogP contribution in [0.5, 0.6) is 0 Å². The first-order valence-corrected chi connectivity index (χ1v) is 9.85. The monoisotopic (exact) mass is 413 g/mol. The maximum Gasteiger partial charge on any atom is 0.192 e. The Morgan fingerprint density at radius 2 is 2.11 bits per heavy atom. The summed E-state index contributed by atoms with van der Waals surface area (Å²) < 4.78 is 7.38. The molecule has 28 heavy (non-hydrogen) atoms. The average molecular weight is 414 g/mol. The molecule has 0 saturated carbocycles. The third kappa shape index (κ3) is 4.24. The van der Waals surface area contributed by atoms with Crippen LogP contribution in [0.3, 0.4) is 0 Å². The Hall–Kier alpha value is -2.68. The van der Waals surface area contributed by atoms with Crippen molar-refractivity contribution in [1.82, 2.24) is 24.7 Å². The highest BCUT2D eigenvalue weighted by atomic mass is 35.5. The summed E-state index contributed by atoms with van der Waals surface area (Å²) in [6.45, 7) is 0.446. The van der Waals surface area contributed by atoms with Gasteiger partial charge in [0.1, 0.15) is 11.5 Å². The fraction of sp³-hybridized carbons (Fsp3) is 0.158. The van der Waals surface area contributed by atoms with Crippen molar-refractivity contribution >= 4 is 23.4 Å². The number of hydrogen-bond acceptors (Lipinski definition) is 7. The summed E-state index contributed by atoms with van der Waals surface area (Å²) in [6, 6.07) is 10.9. The molecule has 0 amide bonds. The molecule has 0 bridgehead atoms. The molecule has 0 saturated heterocycles. The second-order valence-electron chi connectivity index (χ2n) is 5.94. The van der Waals surface area contributed by atoms with Crippen LogP contribution in [0.4, 0.5) is 0 Å². The average Bonchev–Trinajstić information content (AvgIpc) is 3.37. The second-order valence-corrected chi connectivity index (χ2v) is 7.37. The third-order valence-electron chi connectivity index (χ3n) is 4.01. The van der Waals surface area contributed by atoms with Gasteiger partial charge in [0.05, 0.1) is 25.1 Å². The second kappa shape index (κ2) is 8.55. The van der Waals surface area contributed by atoms with Gasteiger partial charge in [0.15, 0.2) is 11.0 Å². The predicted molar refractivity (Wildman–Crippen MR) is 106 cm³/mol. The van der Waals surface area contributed by atoms with Gasteiger partial charge in [-0.25, -0.2) is 4.98 Å². The van der Waals surface area contributed by atoms with Gasteiger partial charge in [0, 0.05) is 23.2 Å². The van der Waals surface area contributed by atoms with E-state index < -0.39 is 6.10 Å². The molecule has 3 heterocycles. The van der Waals surface area contributed by atoms with Crippen molar-refractivity contribution in [2.24, 2.45) is 0 Å². The van der Waals surface area contributed by atoms with Crippen molar-refractivity contribution in [3.63, 3.8) is 0 Å². The van der Waals surface area contributed by atoms with Crippen LogP contribution in [-0.4, -0.2) is 35.6 Å². The molecule has 1 N–H and O–H groups in total. The lowest BCUT2D eigenvalue weighted by Gasteiger charge is -2.12. The van der Waals surface area contributed by atoms with E-state index in [4.69, 9.17) is 16.0 Å². The lowest BCUT2D eigenvalue weighted by atomic mass is 10.1. The summed E-state index contributed by atoms with van der Waals surface area (Å²) in [4.78, 5) is 8.42. The Bertz CT molecular complexity index is 1040. The number of aliphatic hydroxyl groups is 1. The number of rotatable bonds is 7. The first-order valence-electron chi connectivity index (χ1n) is 8.49. The van der Waals surface area contributed by atoms with Crippen molar-refractivity contribution in [2.75, 3.05) is 5.75 Å². The van der Waals surface area contributed by atoms with E-state index in [9.17, 15) is 5.11 Å². The van der Waals surface area contributed by atoms with Gasteiger partial charge in [-0.1, -0.05) is 35.5 Å². The van der Waals surface area contributed by atoms with Gasteiger partial charge in [0.25, 0.3) is 0 Å². The van der Waals surface area contributed by atoms with Crippen LogP contribution in [-0.2, 0) is 6.54 Å². The summed E-state index contributed by atoms with van der Waals surface area (Å²) in [6.07, 6.45) is 5.79. The van der Waals surface area contributed by atoms with Crippen molar-refractivity contribution in [2.45, 2.75) is 17.8 Å². The minimum absolute atomic E-state index is 0.400. The molecule has 1 atom stereocenters. The number of benzene rings is 1. The summed E-state index contributed by atoms with van der Waals surface area (Å²) in [7, 11) is 0. The van der Waals surface area contributed by atoms with E-state index in [1.54, 1.807) is 37.0 Å². The lowest BCUT2D eigenvalue weighted by Crippen LogP contribution is -2.06. The van der Waals surface area contributed by atoms with Crippen LogP contribution in [0.1, 0.15) is 17.4 Å². The number of halogens is 1. The number of aromatic nitrogens is 5. The lowest BCUT2D eigenvalue weighted by molar-refractivity contribution is 0.204. The fourth-order valence-corrected chi connectivity index (χ4v) is 3.77. The predicted octanol–water partition coefficient (Wildman–Crippen LogP) is 3.86. The highest BCUT2D eigenvalue weighted by molar-refractivity contribution is 7.99. The van der Waals surface area contributed by atoms with Gasteiger partial charge < -0.3 is 9.52 Å². The molecule has 1 aromatic carbocycles. The molecular formula is C19H16ClN5O2S. The summed E-state index contributed by atoms with van der Waals surface area (Å²) in [5.41, 5.74) is 1.37. The Kier molecular flexibility index (Phi) is 5.70. The molecule has 0 spiro atoms. The highest BCUT2D eigenvalue weighted by Gasteiger charge is 2.18. The first-order chi connectivity index (χ1) is 13.7. The maximum atomic E-state index is 10.5. The molecule has 4 rings (SSSR count). The van der Waals surface area contributed by atoms with E-state index in [2.05, 4.69) is 20.2 Å². The normalized spacial score (nSPS) is 12.2. The van der Waals surface area contributed by atoms with Crippen LogP contribution < -0.4 is 0 Å². The molecule has 1 unspecified atom stereocenters. The van der Waals surface area contributed by atoms with Crippen LogP contribution in [0, 0.1) is 0 Å². The largest absolute Gasteiger partial charge is 0.467 e. The van der Waals surface area contributed by atoms with E-state index in [-0.39, 0.29) is 0 Å². The van der Waals surface area contributed by atoms with E-state index in [0.717, 1.165) is 11.3 Å². The number of aliphatic hydroxyl groups excluding tert-OH is 1. The Morgan fingerprint density at radius 3 is 2.86 bits per heavy atom. The summed E-state index contributed by atoms with van der Waals surface area (Å²) >= 11 is 7.41. The van der Waals surface area contributed by atoms with Crippen LogP contribution in [0.25, 0.3) is 11.5 Å². The molecule has 0 aliphatic carbocycles. The molecule has 7 nitrogen and oxygen atoms in total. The Morgan fingerprint density at radius 1 is 1.18 bits per heavy atom. The molecule has 0 aliphatic rings. The zero-order valence-electron chi connectivity index (χ0n) is 14.6. The van der Waals surface area contributed by atoms with Gasteiger partial charge in [0.2, 0.25) is 0 Å². The van der Waals surface area contributed by atoms with Crippen LogP contribution in [0.15, 0.2) is 70.8 Å². The SMILES string of the molecule is OC(CSc1nnc(-c2cnccn2)n1Cc1ccco1)c1cccc(Cl)c1. The molecule has 0 radical (unpaired) electrons. The van der Waals surface area contributed by atoms with Crippen molar-refractivity contribution in [3.8, 4) is 11.5 Å². The zero-order valence-corrected chi connectivity index (χ0v) is 16.2. The standard InChI is InChI=1S/C19H16ClN5O2S/c20-14-4-1-3-13(9-14)17(26)12-28-19-24-23-18(16-10-21-6-7-22-16)25(19)11-15-5-2-8-27-15/h1-10,17,26H,11-12H2. The first kappa shape index (κ1) is 18.7. The number of thioether (sulfide) groups is 1. The number of nitrogens with zero attached hydrogens (tertiary/aromatic N) is 5. The Labute approximate surface area is 170 Å². The van der Waals surface area contributed by atoms with Crippen molar-refractivity contribution in [1.29, 1.82) is 0 Å². The van der Waals surface area contributed by atoms with E-state index in [1.807, 2.05) is 28.8 Å². The van der Waals surface area contributed by atoms with Gasteiger partial charge >= 0.3 is 0 Å². The highest BCUT2D eigenvalue weighted by Crippen LogP contribution is 2.28. The molecule has 4 aromatic rings.